The lowest BCUT2D eigenvalue weighted by Crippen LogP contribution is -2.12. The van der Waals surface area contributed by atoms with Crippen molar-refractivity contribution in [3.8, 4) is 22.8 Å². The van der Waals surface area contributed by atoms with Gasteiger partial charge in [-0.05, 0) is 37.3 Å². The van der Waals surface area contributed by atoms with Gasteiger partial charge in [-0.25, -0.2) is 0 Å². The second-order valence-corrected chi connectivity index (χ2v) is 5.51. The molecular formula is C19H19N3O3. The third-order valence-electron chi connectivity index (χ3n) is 3.95. The molecule has 25 heavy (non-hydrogen) atoms. The number of aromatic nitrogens is 2. The molecule has 0 radical (unpaired) electrons. The highest BCUT2D eigenvalue weighted by molar-refractivity contribution is 6.05. The fraction of sp³-hybridized carbons (Fsp3) is 0.158. The Morgan fingerprint density at radius 1 is 1.08 bits per heavy atom. The monoisotopic (exact) mass is 337 g/mol. The Morgan fingerprint density at radius 3 is 2.40 bits per heavy atom. The lowest BCUT2D eigenvalue weighted by molar-refractivity contribution is 0.102. The minimum atomic E-state index is -0.238. The molecule has 0 aliphatic rings. The van der Waals surface area contributed by atoms with Gasteiger partial charge >= 0.3 is 0 Å². The second-order valence-electron chi connectivity index (χ2n) is 5.51. The number of nitrogens with one attached hydrogen (secondary N) is 2. The van der Waals surface area contributed by atoms with Crippen molar-refractivity contribution in [1.82, 2.24) is 10.2 Å². The van der Waals surface area contributed by atoms with Crippen molar-refractivity contribution in [2.75, 3.05) is 19.5 Å². The predicted molar refractivity (Wildman–Crippen MR) is 96.3 cm³/mol. The molecule has 1 amide bonds. The number of hydrogen-bond donors (Lipinski definition) is 2. The Morgan fingerprint density at radius 2 is 1.80 bits per heavy atom. The number of benzene rings is 2. The Labute approximate surface area is 145 Å². The summed E-state index contributed by atoms with van der Waals surface area (Å²) < 4.78 is 10.7. The minimum absolute atomic E-state index is 0.238. The molecule has 2 aromatic carbocycles. The molecule has 0 bridgehead atoms. The van der Waals surface area contributed by atoms with Crippen LogP contribution in [0.5, 0.6) is 11.5 Å². The average Bonchev–Trinajstić information content (AvgIpc) is 3.17. The molecule has 0 saturated heterocycles. The first-order valence-electron chi connectivity index (χ1n) is 7.76. The van der Waals surface area contributed by atoms with Crippen LogP contribution in [0, 0.1) is 6.92 Å². The van der Waals surface area contributed by atoms with Gasteiger partial charge in [-0.2, -0.15) is 5.10 Å². The summed E-state index contributed by atoms with van der Waals surface area (Å²) in [6.07, 6.45) is 1.69. The van der Waals surface area contributed by atoms with Crippen LogP contribution >= 0.6 is 0 Å². The van der Waals surface area contributed by atoms with E-state index in [0.29, 0.717) is 22.7 Å². The molecule has 6 nitrogen and oxygen atoms in total. The summed E-state index contributed by atoms with van der Waals surface area (Å²) in [5.41, 5.74) is 3.83. The highest BCUT2D eigenvalue weighted by Gasteiger charge is 2.14. The Hall–Kier alpha value is -3.28. The van der Waals surface area contributed by atoms with Gasteiger partial charge < -0.3 is 14.8 Å². The predicted octanol–water partition coefficient (Wildman–Crippen LogP) is 3.65. The van der Waals surface area contributed by atoms with Crippen LogP contribution in [0.15, 0.2) is 48.7 Å². The van der Waals surface area contributed by atoms with E-state index in [0.717, 1.165) is 16.8 Å². The van der Waals surface area contributed by atoms with Crippen molar-refractivity contribution in [1.29, 1.82) is 0 Å². The van der Waals surface area contributed by atoms with Crippen LogP contribution in [0.25, 0.3) is 11.3 Å². The maximum atomic E-state index is 12.6. The number of methoxy groups -OCH3 is 2. The van der Waals surface area contributed by atoms with Gasteiger partial charge in [0, 0.05) is 28.6 Å². The van der Waals surface area contributed by atoms with Gasteiger partial charge in [0.2, 0.25) is 0 Å². The van der Waals surface area contributed by atoms with Crippen LogP contribution in [0.3, 0.4) is 0 Å². The van der Waals surface area contributed by atoms with Gasteiger partial charge in [0.15, 0.2) is 0 Å². The van der Waals surface area contributed by atoms with Crippen molar-refractivity contribution in [2.45, 2.75) is 6.92 Å². The number of aromatic amines is 1. The molecule has 3 aromatic rings. The topological polar surface area (TPSA) is 76.2 Å². The fourth-order valence-electron chi connectivity index (χ4n) is 2.60. The quantitative estimate of drug-likeness (QED) is 0.745. The van der Waals surface area contributed by atoms with E-state index in [1.807, 2.05) is 37.3 Å². The highest BCUT2D eigenvalue weighted by atomic mass is 16.5. The summed E-state index contributed by atoms with van der Waals surface area (Å²) in [6, 6.07) is 12.8. The molecule has 3 rings (SSSR count). The van der Waals surface area contributed by atoms with Crippen LogP contribution in [-0.4, -0.2) is 30.3 Å². The zero-order chi connectivity index (χ0) is 17.8. The summed E-state index contributed by atoms with van der Waals surface area (Å²) in [5, 5.41) is 9.75. The Bertz CT molecular complexity index is 864. The van der Waals surface area contributed by atoms with E-state index in [1.165, 1.54) is 0 Å². The van der Waals surface area contributed by atoms with Crippen LogP contribution in [0.1, 0.15) is 15.9 Å². The molecule has 0 spiro atoms. The van der Waals surface area contributed by atoms with Crippen molar-refractivity contribution in [3.05, 3.63) is 59.8 Å². The van der Waals surface area contributed by atoms with Gasteiger partial charge in [0.05, 0.1) is 19.9 Å². The first-order chi connectivity index (χ1) is 12.1. The maximum absolute atomic E-state index is 12.6. The van der Waals surface area contributed by atoms with E-state index in [-0.39, 0.29) is 5.91 Å². The van der Waals surface area contributed by atoms with E-state index in [4.69, 9.17) is 9.47 Å². The standard InChI is InChI=1S/C19H19N3O3/c1-12-17(24-2)10-14(11-18(12)25-3)19(23)21-15-6-4-5-13(9-15)16-7-8-20-22-16/h4-11H,1-3H3,(H,20,22)(H,21,23). The molecule has 128 valence electrons. The van der Waals surface area contributed by atoms with Crippen molar-refractivity contribution in [2.24, 2.45) is 0 Å². The SMILES string of the molecule is COc1cc(C(=O)Nc2cccc(-c3ccn[nH]3)c2)cc(OC)c1C. The van der Waals surface area contributed by atoms with E-state index in [9.17, 15) is 4.79 Å². The third-order valence-corrected chi connectivity index (χ3v) is 3.95. The molecule has 0 atom stereocenters. The number of anilines is 1. The largest absolute Gasteiger partial charge is 0.496 e. The zero-order valence-corrected chi connectivity index (χ0v) is 14.3. The number of H-pyrrole nitrogens is 1. The molecule has 1 aromatic heterocycles. The lowest BCUT2D eigenvalue weighted by atomic mass is 10.1. The summed E-state index contributed by atoms with van der Waals surface area (Å²) in [6.45, 7) is 1.88. The molecule has 1 heterocycles. The van der Waals surface area contributed by atoms with Crippen molar-refractivity contribution < 1.29 is 14.3 Å². The molecule has 0 aliphatic heterocycles. The number of rotatable bonds is 5. The fourth-order valence-corrected chi connectivity index (χ4v) is 2.60. The Balaban J connectivity index is 1.87. The van der Waals surface area contributed by atoms with E-state index < -0.39 is 0 Å². The highest BCUT2D eigenvalue weighted by Crippen LogP contribution is 2.30. The lowest BCUT2D eigenvalue weighted by Gasteiger charge is -2.13. The number of carbonyl (C=O) groups excluding carboxylic acids is 1. The van der Waals surface area contributed by atoms with E-state index in [2.05, 4.69) is 15.5 Å². The summed E-state index contributed by atoms with van der Waals surface area (Å²) in [7, 11) is 3.13. The summed E-state index contributed by atoms with van der Waals surface area (Å²) in [4.78, 5) is 12.6. The average molecular weight is 337 g/mol. The second kappa shape index (κ2) is 7.09. The van der Waals surface area contributed by atoms with Crippen LogP contribution in [-0.2, 0) is 0 Å². The molecule has 6 heteroatoms. The maximum Gasteiger partial charge on any atom is 0.255 e. The number of nitrogens with zero attached hydrogens (tertiary/aromatic N) is 1. The van der Waals surface area contributed by atoms with Gasteiger partial charge in [0.25, 0.3) is 5.91 Å². The molecule has 0 fully saturated rings. The Kier molecular flexibility index (Phi) is 4.70. The van der Waals surface area contributed by atoms with Crippen LogP contribution in [0.2, 0.25) is 0 Å². The van der Waals surface area contributed by atoms with E-state index >= 15 is 0 Å². The smallest absolute Gasteiger partial charge is 0.255 e. The number of ether oxygens (including phenoxy) is 2. The summed E-state index contributed by atoms with van der Waals surface area (Å²) in [5.74, 6) is 0.977. The van der Waals surface area contributed by atoms with Gasteiger partial charge in [-0.1, -0.05) is 12.1 Å². The molecule has 0 aliphatic carbocycles. The molecule has 0 saturated carbocycles. The van der Waals surface area contributed by atoms with Gasteiger partial charge in [-0.3, -0.25) is 9.89 Å². The number of hydrogen-bond acceptors (Lipinski definition) is 4. The molecular weight excluding hydrogens is 318 g/mol. The van der Waals surface area contributed by atoms with Crippen LogP contribution in [0.4, 0.5) is 5.69 Å². The normalized spacial score (nSPS) is 10.4. The number of amides is 1. The van der Waals surface area contributed by atoms with E-state index in [1.54, 1.807) is 32.5 Å². The summed E-state index contributed by atoms with van der Waals surface area (Å²) >= 11 is 0. The first kappa shape index (κ1) is 16.6. The van der Waals surface area contributed by atoms with Crippen molar-refractivity contribution in [3.63, 3.8) is 0 Å². The third kappa shape index (κ3) is 3.47. The van der Waals surface area contributed by atoms with Crippen molar-refractivity contribution >= 4 is 11.6 Å². The van der Waals surface area contributed by atoms with Gasteiger partial charge in [0.1, 0.15) is 11.5 Å². The first-order valence-corrected chi connectivity index (χ1v) is 7.76. The molecule has 2 N–H and O–H groups in total. The number of carbonyl (C=O) groups is 1. The zero-order valence-electron chi connectivity index (χ0n) is 14.3. The van der Waals surface area contributed by atoms with Gasteiger partial charge in [-0.15, -0.1) is 0 Å². The van der Waals surface area contributed by atoms with Crippen LogP contribution < -0.4 is 14.8 Å². The molecule has 0 unspecified atom stereocenters. The minimum Gasteiger partial charge on any atom is -0.496 e.